The molecule has 36 heavy (non-hydrogen) atoms. The summed E-state index contributed by atoms with van der Waals surface area (Å²) in [6, 6.07) is 0.764. The normalized spacial score (nSPS) is 27.9. The lowest BCUT2D eigenvalue weighted by atomic mass is 9.57. The van der Waals surface area contributed by atoms with Gasteiger partial charge in [0.05, 0.1) is 11.6 Å². The van der Waals surface area contributed by atoms with Gasteiger partial charge in [-0.15, -0.1) is 0 Å². The minimum Gasteiger partial charge on any atom is -0.508 e. The Morgan fingerprint density at radius 3 is 2.47 bits per heavy atom. The van der Waals surface area contributed by atoms with Crippen molar-refractivity contribution in [1.82, 2.24) is 9.88 Å². The van der Waals surface area contributed by atoms with E-state index >= 15 is 0 Å². The van der Waals surface area contributed by atoms with Crippen molar-refractivity contribution in [3.05, 3.63) is 40.0 Å². The highest BCUT2D eigenvalue weighted by Gasteiger charge is 2.64. The topological polar surface area (TPSA) is 170 Å². The van der Waals surface area contributed by atoms with E-state index in [1.807, 2.05) is 25.1 Å². The summed E-state index contributed by atoms with van der Waals surface area (Å²) in [6.07, 6.45) is 0.407. The number of likely N-dealkylation sites (N-methyl/N-ethyl adjacent to an activating group) is 1. The molecule has 0 spiro atoms. The summed E-state index contributed by atoms with van der Waals surface area (Å²) in [5, 5.41) is 34.2. The standard InChI is InChI=1S/C25H28N4O7/c1-9-27-13-8-14(28(2)3)11-6-10-7-12-18(29(4)5)20(31)17(24(26)34)23(33)25(12,35)22(32)15(10)19(30)16(11)21(13)36-9/h8,10,12,18,30,33,35H,6-7H2,1-5H3,(H2,26,34)/t10-,12-,18-,25-/m1/s1. The van der Waals surface area contributed by atoms with E-state index in [-0.39, 0.29) is 17.8 Å². The van der Waals surface area contributed by atoms with E-state index in [1.54, 1.807) is 21.0 Å². The molecule has 1 aromatic heterocycles. The van der Waals surface area contributed by atoms with Crippen LogP contribution in [0.25, 0.3) is 16.9 Å². The molecule has 0 aliphatic heterocycles. The largest absolute Gasteiger partial charge is 0.508 e. The molecular formula is C25H28N4O7. The molecule has 11 heteroatoms. The third kappa shape index (κ3) is 2.93. The number of anilines is 1. The van der Waals surface area contributed by atoms with Gasteiger partial charge in [0, 0.05) is 38.2 Å². The predicted molar refractivity (Wildman–Crippen MR) is 129 cm³/mol. The lowest BCUT2D eigenvalue weighted by Crippen LogP contribution is -2.65. The molecule has 5 N–H and O–H groups in total. The molecule has 5 rings (SSSR count). The number of oxazole rings is 1. The van der Waals surface area contributed by atoms with Crippen molar-refractivity contribution < 1.29 is 34.1 Å². The Hall–Kier alpha value is -3.70. The summed E-state index contributed by atoms with van der Waals surface area (Å²) < 4.78 is 5.78. The summed E-state index contributed by atoms with van der Waals surface area (Å²) in [5.74, 6) is -5.67. The van der Waals surface area contributed by atoms with E-state index in [9.17, 15) is 29.7 Å². The van der Waals surface area contributed by atoms with Crippen LogP contribution < -0.4 is 10.6 Å². The quantitative estimate of drug-likeness (QED) is 0.445. The maximum Gasteiger partial charge on any atom is 0.255 e. The van der Waals surface area contributed by atoms with Crippen molar-refractivity contribution in [2.45, 2.75) is 31.4 Å². The summed E-state index contributed by atoms with van der Waals surface area (Å²) in [4.78, 5) is 47.0. The van der Waals surface area contributed by atoms with Gasteiger partial charge in [-0.1, -0.05) is 0 Å². The Morgan fingerprint density at radius 1 is 1.22 bits per heavy atom. The SMILES string of the molecule is Cc1nc2cc(N(C)C)c3c(c2o1)C(O)=C1C(=O)[C@@]2(O)C(O)=C(C(N)=O)C(=O)[C@H](N(C)C)[C@H]2C[C@H]1C3. The molecule has 3 aliphatic carbocycles. The Kier molecular flexibility index (Phi) is 5.10. The van der Waals surface area contributed by atoms with Crippen LogP contribution in [-0.4, -0.2) is 82.5 Å². The van der Waals surface area contributed by atoms with Gasteiger partial charge in [-0.05, 0) is 44.5 Å². The van der Waals surface area contributed by atoms with Crippen LogP contribution >= 0.6 is 0 Å². The van der Waals surface area contributed by atoms with Crippen LogP contribution in [-0.2, 0) is 20.8 Å². The molecule has 4 atom stereocenters. The van der Waals surface area contributed by atoms with Gasteiger partial charge in [0.15, 0.2) is 22.9 Å². The third-order valence-electron chi connectivity index (χ3n) is 7.67. The first-order chi connectivity index (χ1) is 16.8. The second kappa shape index (κ2) is 7.65. The van der Waals surface area contributed by atoms with Gasteiger partial charge in [0.1, 0.15) is 22.6 Å². The molecule has 1 heterocycles. The van der Waals surface area contributed by atoms with Crippen LogP contribution in [0.4, 0.5) is 5.69 Å². The number of primary amides is 1. The Morgan fingerprint density at radius 2 is 1.89 bits per heavy atom. The van der Waals surface area contributed by atoms with Gasteiger partial charge in [0.2, 0.25) is 5.78 Å². The Labute approximate surface area is 206 Å². The van der Waals surface area contributed by atoms with Crippen molar-refractivity contribution in [2.75, 3.05) is 33.1 Å². The minimum absolute atomic E-state index is 0.0882. The molecule has 1 amide bonds. The molecule has 0 bridgehead atoms. The summed E-state index contributed by atoms with van der Waals surface area (Å²) in [6.45, 7) is 1.67. The zero-order valence-corrected chi connectivity index (χ0v) is 20.6. The number of aryl methyl sites for hydroxylation is 1. The van der Waals surface area contributed by atoms with E-state index < -0.39 is 52.3 Å². The first kappa shape index (κ1) is 24.0. The number of hydrogen-bond donors (Lipinski definition) is 4. The molecule has 0 saturated heterocycles. The molecule has 2 aromatic rings. The first-order valence-corrected chi connectivity index (χ1v) is 11.6. The summed E-state index contributed by atoms with van der Waals surface area (Å²) >= 11 is 0. The smallest absolute Gasteiger partial charge is 0.255 e. The minimum atomic E-state index is -2.61. The molecule has 11 nitrogen and oxygen atoms in total. The molecular weight excluding hydrogens is 468 g/mol. The van der Waals surface area contributed by atoms with E-state index in [0.717, 1.165) is 11.3 Å². The number of Topliss-reactive ketones (excluding diaryl/α,β-unsaturated/α-hetero) is 2. The number of ketones is 2. The van der Waals surface area contributed by atoms with Gasteiger partial charge in [-0.25, -0.2) is 4.98 Å². The van der Waals surface area contributed by atoms with Crippen molar-refractivity contribution in [3.8, 4) is 0 Å². The number of fused-ring (bicyclic) bond motifs is 5. The highest BCUT2D eigenvalue weighted by molar-refractivity contribution is 6.24. The molecule has 1 aromatic carbocycles. The highest BCUT2D eigenvalue weighted by Crippen LogP contribution is 2.53. The van der Waals surface area contributed by atoms with Crippen molar-refractivity contribution in [1.29, 1.82) is 0 Å². The number of rotatable bonds is 3. The summed E-state index contributed by atoms with van der Waals surface area (Å²) in [5.41, 5.74) is 4.49. The number of carbonyl (C=O) groups is 3. The van der Waals surface area contributed by atoms with Crippen molar-refractivity contribution in [2.24, 2.45) is 17.6 Å². The second-order valence-electron chi connectivity index (χ2n) is 10.2. The third-order valence-corrected chi connectivity index (χ3v) is 7.67. The maximum atomic E-state index is 13.9. The fraction of sp³-hybridized carbons (Fsp3) is 0.440. The fourth-order valence-electron chi connectivity index (χ4n) is 6.19. The maximum absolute atomic E-state index is 13.9. The zero-order chi connectivity index (χ0) is 26.4. The first-order valence-electron chi connectivity index (χ1n) is 11.6. The highest BCUT2D eigenvalue weighted by atomic mass is 16.4. The average molecular weight is 497 g/mol. The van der Waals surface area contributed by atoms with Crippen molar-refractivity contribution >= 4 is 40.0 Å². The number of nitrogens with zero attached hydrogens (tertiary/aromatic N) is 3. The lowest BCUT2D eigenvalue weighted by molar-refractivity contribution is -0.153. The average Bonchev–Trinajstić information content (AvgIpc) is 3.14. The number of nitrogens with two attached hydrogens (primary N) is 1. The fourth-order valence-corrected chi connectivity index (χ4v) is 6.19. The predicted octanol–water partition coefficient (Wildman–Crippen LogP) is 0.774. The van der Waals surface area contributed by atoms with Crippen LogP contribution in [0.2, 0.25) is 0 Å². The van der Waals surface area contributed by atoms with Gasteiger partial charge in [0.25, 0.3) is 5.91 Å². The molecule has 3 aliphatic rings. The Bertz CT molecular complexity index is 1430. The van der Waals surface area contributed by atoms with Gasteiger partial charge in [-0.3, -0.25) is 19.3 Å². The van der Waals surface area contributed by atoms with Crippen molar-refractivity contribution in [3.63, 3.8) is 0 Å². The second-order valence-corrected chi connectivity index (χ2v) is 10.2. The molecule has 1 saturated carbocycles. The number of hydrogen-bond acceptors (Lipinski definition) is 10. The number of benzene rings is 1. The molecule has 190 valence electrons. The van der Waals surface area contributed by atoms with Crippen LogP contribution in [0.1, 0.15) is 23.4 Å². The van der Waals surface area contributed by atoms with Gasteiger partial charge in [-0.2, -0.15) is 0 Å². The van der Waals surface area contributed by atoms with E-state index in [1.165, 1.54) is 4.90 Å². The van der Waals surface area contributed by atoms with Crippen LogP contribution in [0.3, 0.4) is 0 Å². The number of aromatic nitrogens is 1. The van der Waals surface area contributed by atoms with Crippen LogP contribution in [0, 0.1) is 18.8 Å². The molecule has 0 radical (unpaired) electrons. The van der Waals surface area contributed by atoms with E-state index in [2.05, 4.69) is 4.98 Å². The number of aliphatic hydroxyl groups is 3. The summed E-state index contributed by atoms with van der Waals surface area (Å²) in [7, 11) is 6.87. The van der Waals surface area contributed by atoms with Gasteiger partial charge >= 0.3 is 0 Å². The number of carbonyl (C=O) groups excluding carboxylic acids is 3. The lowest BCUT2D eigenvalue weighted by Gasteiger charge is -2.50. The van der Waals surface area contributed by atoms with Crippen LogP contribution in [0.5, 0.6) is 0 Å². The van der Waals surface area contributed by atoms with E-state index in [4.69, 9.17) is 10.2 Å². The van der Waals surface area contributed by atoms with Crippen LogP contribution in [0.15, 0.2) is 27.4 Å². The van der Waals surface area contributed by atoms with E-state index in [0.29, 0.717) is 29.0 Å². The van der Waals surface area contributed by atoms with Gasteiger partial charge < -0.3 is 30.4 Å². The number of aliphatic hydroxyl groups excluding tert-OH is 2. The molecule has 0 unspecified atom stereocenters. The monoisotopic (exact) mass is 496 g/mol. The zero-order valence-electron chi connectivity index (χ0n) is 20.6. The molecule has 1 fully saturated rings. The number of amides is 1. The Balaban J connectivity index is 1.80.